The van der Waals surface area contributed by atoms with Crippen LogP contribution in [0, 0.1) is 29.5 Å². The quantitative estimate of drug-likeness (QED) is 0.874. The Bertz CT molecular complexity index is 459. The lowest BCUT2D eigenvalue weighted by Crippen LogP contribution is -2.31. The number of benzene rings is 1. The molecule has 0 aliphatic heterocycles. The van der Waals surface area contributed by atoms with E-state index in [-0.39, 0.29) is 0 Å². The molecular formula is C13H15FN2O. The molecule has 1 rings (SSSR count). The van der Waals surface area contributed by atoms with Crippen molar-refractivity contribution in [3.8, 4) is 6.07 Å². The number of carbonyl (C=O) groups excluding carboxylic acids is 1. The second-order valence-corrected chi connectivity index (χ2v) is 4.27. The smallest absolute Gasteiger partial charge is 0.244 e. The number of anilines is 1. The molecule has 3 nitrogen and oxygen atoms in total. The summed E-state index contributed by atoms with van der Waals surface area (Å²) in [5.74, 6) is -0.817. The minimum absolute atomic E-state index is 0.377. The summed E-state index contributed by atoms with van der Waals surface area (Å²) >= 11 is 0. The van der Waals surface area contributed by atoms with E-state index in [1.54, 1.807) is 26.8 Å². The highest BCUT2D eigenvalue weighted by atomic mass is 19.1. The first-order valence-electron chi connectivity index (χ1n) is 5.41. The largest absolute Gasteiger partial charge is 0.325 e. The van der Waals surface area contributed by atoms with Crippen molar-refractivity contribution in [2.24, 2.45) is 5.41 Å². The van der Waals surface area contributed by atoms with Crippen LogP contribution >= 0.6 is 0 Å². The van der Waals surface area contributed by atoms with Crippen LogP contribution in [0.1, 0.15) is 25.8 Å². The van der Waals surface area contributed by atoms with Gasteiger partial charge in [-0.05, 0) is 44.0 Å². The van der Waals surface area contributed by atoms with E-state index in [0.717, 1.165) is 5.56 Å². The summed E-state index contributed by atoms with van der Waals surface area (Å²) in [5, 5.41) is 11.5. The van der Waals surface area contributed by atoms with Gasteiger partial charge in [0.15, 0.2) is 0 Å². The molecule has 90 valence electrons. The van der Waals surface area contributed by atoms with Gasteiger partial charge in [-0.25, -0.2) is 4.39 Å². The monoisotopic (exact) mass is 234 g/mol. The highest BCUT2D eigenvalue weighted by Gasteiger charge is 2.31. The van der Waals surface area contributed by atoms with Gasteiger partial charge >= 0.3 is 0 Å². The van der Waals surface area contributed by atoms with Crippen LogP contribution in [0.5, 0.6) is 0 Å². The fourth-order valence-electron chi connectivity index (χ4n) is 1.37. The highest BCUT2D eigenvalue weighted by Crippen LogP contribution is 2.23. The van der Waals surface area contributed by atoms with Crippen LogP contribution in [0.25, 0.3) is 0 Å². The SMILES string of the molecule is CCC(C)(C#N)C(=O)Nc1cc(C)cc(F)c1. The molecule has 1 unspecified atom stereocenters. The zero-order valence-corrected chi connectivity index (χ0v) is 10.2. The third-order valence-corrected chi connectivity index (χ3v) is 2.76. The zero-order chi connectivity index (χ0) is 13.1. The van der Waals surface area contributed by atoms with Gasteiger partial charge in [-0.3, -0.25) is 4.79 Å². The van der Waals surface area contributed by atoms with Crippen molar-refractivity contribution in [1.82, 2.24) is 0 Å². The number of nitriles is 1. The molecule has 0 spiro atoms. The minimum Gasteiger partial charge on any atom is -0.325 e. The van der Waals surface area contributed by atoms with Crippen LogP contribution in [0.4, 0.5) is 10.1 Å². The molecule has 0 radical (unpaired) electrons. The fraction of sp³-hybridized carbons (Fsp3) is 0.385. The molecule has 0 heterocycles. The predicted octanol–water partition coefficient (Wildman–Crippen LogP) is 3.01. The zero-order valence-electron chi connectivity index (χ0n) is 10.2. The summed E-state index contributed by atoms with van der Waals surface area (Å²) in [6, 6.07) is 6.24. The van der Waals surface area contributed by atoms with Gasteiger partial charge in [0.05, 0.1) is 6.07 Å². The van der Waals surface area contributed by atoms with Crippen molar-refractivity contribution >= 4 is 11.6 Å². The number of carbonyl (C=O) groups is 1. The van der Waals surface area contributed by atoms with Gasteiger partial charge in [0.25, 0.3) is 0 Å². The predicted molar refractivity (Wildman–Crippen MR) is 63.8 cm³/mol. The maximum Gasteiger partial charge on any atom is 0.244 e. The average molecular weight is 234 g/mol. The molecule has 1 aromatic rings. The van der Waals surface area contributed by atoms with Gasteiger partial charge in [-0.2, -0.15) is 5.26 Å². The normalized spacial score (nSPS) is 13.6. The van der Waals surface area contributed by atoms with Crippen LogP contribution in [0.3, 0.4) is 0 Å². The second kappa shape index (κ2) is 4.96. The number of hydrogen-bond acceptors (Lipinski definition) is 2. The number of amides is 1. The van der Waals surface area contributed by atoms with Crippen LogP contribution in [0.15, 0.2) is 18.2 Å². The van der Waals surface area contributed by atoms with Crippen molar-refractivity contribution in [2.75, 3.05) is 5.32 Å². The number of hydrogen-bond donors (Lipinski definition) is 1. The summed E-state index contributed by atoms with van der Waals surface area (Å²) in [6.07, 6.45) is 0.406. The molecule has 17 heavy (non-hydrogen) atoms. The van der Waals surface area contributed by atoms with Crippen LogP contribution in [0.2, 0.25) is 0 Å². The minimum atomic E-state index is -1.08. The Morgan fingerprint density at radius 3 is 2.65 bits per heavy atom. The molecule has 0 saturated heterocycles. The molecule has 0 fully saturated rings. The van der Waals surface area contributed by atoms with Gasteiger partial charge in [-0.15, -0.1) is 0 Å². The van der Waals surface area contributed by atoms with Crippen LogP contribution in [-0.4, -0.2) is 5.91 Å². The lowest BCUT2D eigenvalue weighted by atomic mass is 9.88. The molecule has 0 aromatic heterocycles. The molecule has 0 aliphatic rings. The maximum absolute atomic E-state index is 13.1. The molecular weight excluding hydrogens is 219 g/mol. The van der Waals surface area contributed by atoms with Gasteiger partial charge in [-0.1, -0.05) is 6.92 Å². The van der Waals surface area contributed by atoms with Crippen molar-refractivity contribution in [1.29, 1.82) is 5.26 Å². The number of aryl methyl sites for hydroxylation is 1. The van der Waals surface area contributed by atoms with E-state index in [1.807, 2.05) is 6.07 Å². The van der Waals surface area contributed by atoms with Crippen LogP contribution in [-0.2, 0) is 4.79 Å². The van der Waals surface area contributed by atoms with E-state index in [4.69, 9.17) is 5.26 Å². The average Bonchev–Trinajstić information content (AvgIpc) is 2.26. The highest BCUT2D eigenvalue weighted by molar-refractivity contribution is 5.96. The lowest BCUT2D eigenvalue weighted by Gasteiger charge is -2.18. The summed E-state index contributed by atoms with van der Waals surface area (Å²) in [5.41, 5.74) is 0.0122. The van der Waals surface area contributed by atoms with E-state index in [2.05, 4.69) is 5.32 Å². The maximum atomic E-state index is 13.1. The van der Waals surface area contributed by atoms with Gasteiger partial charge < -0.3 is 5.32 Å². The standard InChI is InChI=1S/C13H15FN2O/c1-4-13(3,8-15)12(17)16-11-6-9(2)5-10(14)7-11/h5-7H,4H2,1-3H3,(H,16,17). The summed E-state index contributed by atoms with van der Waals surface area (Å²) in [7, 11) is 0. The summed E-state index contributed by atoms with van der Waals surface area (Å²) in [6.45, 7) is 5.07. The lowest BCUT2D eigenvalue weighted by molar-refractivity contribution is -0.122. The van der Waals surface area contributed by atoms with Gasteiger partial charge in [0, 0.05) is 5.69 Å². The first kappa shape index (κ1) is 13.2. The van der Waals surface area contributed by atoms with Gasteiger partial charge in [0.1, 0.15) is 11.2 Å². The number of rotatable bonds is 3. The topological polar surface area (TPSA) is 52.9 Å². The summed E-state index contributed by atoms with van der Waals surface area (Å²) < 4.78 is 13.1. The van der Waals surface area contributed by atoms with Crippen molar-refractivity contribution in [3.63, 3.8) is 0 Å². The second-order valence-electron chi connectivity index (χ2n) is 4.27. The van der Waals surface area contributed by atoms with Crippen LogP contribution < -0.4 is 5.32 Å². The third kappa shape index (κ3) is 3.04. The third-order valence-electron chi connectivity index (χ3n) is 2.76. The number of nitrogens with zero attached hydrogens (tertiary/aromatic N) is 1. The van der Waals surface area contributed by atoms with Crippen molar-refractivity contribution < 1.29 is 9.18 Å². The van der Waals surface area contributed by atoms with E-state index in [9.17, 15) is 9.18 Å². The van der Waals surface area contributed by atoms with E-state index < -0.39 is 17.1 Å². The number of nitrogens with one attached hydrogen (secondary N) is 1. The van der Waals surface area contributed by atoms with E-state index >= 15 is 0 Å². The molecule has 4 heteroatoms. The van der Waals surface area contributed by atoms with Gasteiger partial charge in [0.2, 0.25) is 5.91 Å². The van der Waals surface area contributed by atoms with Crippen molar-refractivity contribution in [3.05, 3.63) is 29.6 Å². The Hall–Kier alpha value is -1.89. The molecule has 0 bridgehead atoms. The molecule has 1 aromatic carbocycles. The Balaban J connectivity index is 2.92. The molecule has 1 N–H and O–H groups in total. The molecule has 0 saturated carbocycles. The Labute approximate surface area is 100 Å². The van der Waals surface area contributed by atoms with E-state index in [1.165, 1.54) is 12.1 Å². The molecule has 0 aliphatic carbocycles. The van der Waals surface area contributed by atoms with E-state index in [0.29, 0.717) is 12.1 Å². The Kier molecular flexibility index (Phi) is 3.84. The number of halogens is 1. The van der Waals surface area contributed by atoms with Crippen molar-refractivity contribution in [2.45, 2.75) is 27.2 Å². The Morgan fingerprint density at radius 1 is 1.53 bits per heavy atom. The fourth-order valence-corrected chi connectivity index (χ4v) is 1.37. The first-order chi connectivity index (χ1) is 7.91. The Morgan fingerprint density at radius 2 is 2.18 bits per heavy atom. The molecule has 1 amide bonds. The molecule has 1 atom stereocenters. The summed E-state index contributed by atoms with van der Waals surface area (Å²) in [4.78, 5) is 11.9. The first-order valence-corrected chi connectivity index (χ1v) is 5.41.